The Kier molecular flexibility index (Phi) is 6.59. The van der Waals surface area contributed by atoms with Gasteiger partial charge < -0.3 is 19.9 Å². The maximum Gasteiger partial charge on any atom is 0.255 e. The van der Waals surface area contributed by atoms with Gasteiger partial charge in [0, 0.05) is 34.1 Å². The highest BCUT2D eigenvalue weighted by atomic mass is 16.5. The summed E-state index contributed by atoms with van der Waals surface area (Å²) in [6.07, 6.45) is 0.729. The van der Waals surface area contributed by atoms with Gasteiger partial charge in [-0.3, -0.25) is 9.59 Å². The van der Waals surface area contributed by atoms with Gasteiger partial charge >= 0.3 is 0 Å². The Labute approximate surface area is 227 Å². The van der Waals surface area contributed by atoms with Crippen molar-refractivity contribution >= 4 is 22.7 Å². The molecule has 1 atom stereocenters. The van der Waals surface area contributed by atoms with Crippen molar-refractivity contribution in [1.82, 2.24) is 15.2 Å². The minimum atomic E-state index is -0.425. The van der Waals surface area contributed by atoms with Crippen LogP contribution in [0, 0.1) is 0 Å². The summed E-state index contributed by atoms with van der Waals surface area (Å²) in [5.41, 5.74) is 6.46. The summed E-state index contributed by atoms with van der Waals surface area (Å²) in [5, 5.41) is 4.03. The number of fused-ring (bicyclic) bond motifs is 2. The number of aromatic amines is 1. The topological polar surface area (TPSA) is 74.4 Å². The minimum Gasteiger partial charge on any atom is -0.497 e. The van der Waals surface area contributed by atoms with Crippen LogP contribution in [0.1, 0.15) is 33.1 Å². The Morgan fingerprint density at radius 2 is 1.69 bits per heavy atom. The summed E-state index contributed by atoms with van der Waals surface area (Å²) in [4.78, 5) is 32.2. The Balaban J connectivity index is 1.39. The van der Waals surface area contributed by atoms with E-state index in [4.69, 9.17) is 4.74 Å². The lowest BCUT2D eigenvalue weighted by molar-refractivity contribution is -0.122. The van der Waals surface area contributed by atoms with Gasteiger partial charge in [-0.2, -0.15) is 0 Å². The van der Waals surface area contributed by atoms with Crippen LogP contribution in [-0.4, -0.2) is 41.9 Å². The molecule has 6 heteroatoms. The fourth-order valence-corrected chi connectivity index (χ4v) is 5.50. The molecule has 6 nitrogen and oxygen atoms in total. The molecule has 0 fully saturated rings. The molecule has 5 aromatic rings. The quantitative estimate of drug-likeness (QED) is 0.276. The van der Waals surface area contributed by atoms with Gasteiger partial charge in [-0.05, 0) is 41.8 Å². The Morgan fingerprint density at radius 1 is 0.923 bits per heavy atom. The molecule has 0 saturated carbocycles. The molecule has 0 saturated heterocycles. The van der Waals surface area contributed by atoms with Crippen LogP contribution in [0.15, 0.2) is 103 Å². The number of para-hydroxylation sites is 1. The van der Waals surface area contributed by atoms with Crippen molar-refractivity contribution in [2.75, 3.05) is 20.2 Å². The number of nitrogens with one attached hydrogen (secondary N) is 2. The first-order valence-electron chi connectivity index (χ1n) is 13.1. The van der Waals surface area contributed by atoms with E-state index in [9.17, 15) is 9.59 Å². The number of ether oxygens (including phenoxy) is 1. The molecule has 194 valence electrons. The zero-order valence-corrected chi connectivity index (χ0v) is 21.7. The van der Waals surface area contributed by atoms with Crippen molar-refractivity contribution in [3.8, 4) is 17.0 Å². The molecule has 1 aliphatic rings. The van der Waals surface area contributed by atoms with E-state index in [0.717, 1.165) is 51.0 Å². The molecule has 0 aliphatic carbocycles. The van der Waals surface area contributed by atoms with Gasteiger partial charge in [0.2, 0.25) is 5.91 Å². The van der Waals surface area contributed by atoms with Gasteiger partial charge in [0.1, 0.15) is 12.3 Å². The third-order valence-electron chi connectivity index (χ3n) is 7.33. The van der Waals surface area contributed by atoms with Crippen LogP contribution in [0.4, 0.5) is 0 Å². The number of H-pyrrole nitrogens is 1. The molecule has 2 heterocycles. The van der Waals surface area contributed by atoms with E-state index >= 15 is 0 Å². The minimum absolute atomic E-state index is 0.0377. The van der Waals surface area contributed by atoms with Crippen LogP contribution >= 0.6 is 0 Å². The lowest BCUT2D eigenvalue weighted by atomic mass is 9.93. The van der Waals surface area contributed by atoms with Crippen molar-refractivity contribution in [1.29, 1.82) is 0 Å². The molecule has 2 N–H and O–H groups in total. The average molecular weight is 516 g/mol. The van der Waals surface area contributed by atoms with E-state index < -0.39 is 6.04 Å². The molecule has 6 rings (SSSR count). The van der Waals surface area contributed by atoms with Crippen LogP contribution in [0.3, 0.4) is 0 Å². The zero-order valence-electron chi connectivity index (χ0n) is 21.7. The standard InChI is InChI=1S/C33H29N3O3/c1-39-24-13-9-12-23(20-24)31-30(27-16-7-8-17-28(27)35-31)32-25-14-5-6-15-26(25)33(38)36(32)21-29(37)34-19-18-22-10-3-2-4-11-22/h2-17,20,32,35H,18-19,21H2,1H3,(H,34,37)/t32-/m0/s1. The number of hydrogen-bond acceptors (Lipinski definition) is 3. The molecule has 1 aromatic heterocycles. The van der Waals surface area contributed by atoms with E-state index in [-0.39, 0.29) is 18.4 Å². The Morgan fingerprint density at radius 3 is 2.54 bits per heavy atom. The Hall–Kier alpha value is -4.84. The molecule has 4 aromatic carbocycles. The first kappa shape index (κ1) is 24.5. The first-order valence-corrected chi connectivity index (χ1v) is 13.1. The van der Waals surface area contributed by atoms with Gasteiger partial charge in [0.25, 0.3) is 5.91 Å². The molecule has 0 radical (unpaired) electrons. The smallest absolute Gasteiger partial charge is 0.255 e. The van der Waals surface area contributed by atoms with Gasteiger partial charge in [-0.25, -0.2) is 0 Å². The summed E-state index contributed by atoms with van der Waals surface area (Å²) in [6, 6.07) is 33.2. The van der Waals surface area contributed by atoms with Crippen molar-refractivity contribution in [3.05, 3.63) is 125 Å². The summed E-state index contributed by atoms with van der Waals surface area (Å²) in [7, 11) is 1.65. The fraction of sp³-hybridized carbons (Fsp3) is 0.152. The predicted molar refractivity (Wildman–Crippen MR) is 153 cm³/mol. The second-order valence-electron chi connectivity index (χ2n) is 9.70. The van der Waals surface area contributed by atoms with E-state index in [0.29, 0.717) is 12.1 Å². The van der Waals surface area contributed by atoms with Crippen LogP contribution in [0.2, 0.25) is 0 Å². The molecule has 1 aliphatic heterocycles. The fourth-order valence-electron chi connectivity index (χ4n) is 5.50. The predicted octanol–water partition coefficient (Wildman–Crippen LogP) is 5.75. The van der Waals surface area contributed by atoms with Crippen molar-refractivity contribution in [3.63, 3.8) is 0 Å². The van der Waals surface area contributed by atoms with Crippen LogP contribution < -0.4 is 10.1 Å². The molecule has 39 heavy (non-hydrogen) atoms. The molecule has 0 unspecified atom stereocenters. The molecular weight excluding hydrogens is 486 g/mol. The van der Waals surface area contributed by atoms with Crippen LogP contribution in [0.25, 0.3) is 22.2 Å². The van der Waals surface area contributed by atoms with Gasteiger partial charge in [0.05, 0.1) is 18.8 Å². The van der Waals surface area contributed by atoms with Crippen LogP contribution in [-0.2, 0) is 11.2 Å². The molecule has 2 amide bonds. The normalized spacial score (nSPS) is 14.4. The summed E-state index contributed by atoms with van der Waals surface area (Å²) in [6.45, 7) is 0.467. The first-order chi connectivity index (χ1) is 19.1. The SMILES string of the molecule is COc1cccc(-c2[nH]c3ccccc3c2[C@@H]2c3ccccc3C(=O)N2CC(=O)NCCc2ccccc2)c1. The summed E-state index contributed by atoms with van der Waals surface area (Å²) in [5.74, 6) is 0.421. The van der Waals surface area contributed by atoms with Gasteiger partial charge in [-0.1, -0.05) is 78.9 Å². The number of hydrogen-bond donors (Lipinski definition) is 2. The average Bonchev–Trinajstić information content (AvgIpc) is 3.48. The van der Waals surface area contributed by atoms with E-state index in [1.54, 1.807) is 12.0 Å². The third-order valence-corrected chi connectivity index (χ3v) is 7.33. The van der Waals surface area contributed by atoms with Crippen LogP contribution in [0.5, 0.6) is 5.75 Å². The zero-order chi connectivity index (χ0) is 26.8. The third kappa shape index (κ3) is 4.66. The van der Waals surface area contributed by atoms with Crippen molar-refractivity contribution in [2.45, 2.75) is 12.5 Å². The van der Waals surface area contributed by atoms with Gasteiger partial charge in [0.15, 0.2) is 0 Å². The lowest BCUT2D eigenvalue weighted by Crippen LogP contribution is -2.40. The Bertz CT molecular complexity index is 1660. The largest absolute Gasteiger partial charge is 0.497 e. The maximum atomic E-state index is 13.7. The number of carbonyl (C=O) groups is 2. The number of nitrogens with zero attached hydrogens (tertiary/aromatic N) is 1. The molecule has 0 spiro atoms. The maximum absolute atomic E-state index is 13.7. The van der Waals surface area contributed by atoms with Crippen molar-refractivity contribution < 1.29 is 14.3 Å². The second-order valence-corrected chi connectivity index (χ2v) is 9.70. The van der Waals surface area contributed by atoms with Crippen molar-refractivity contribution in [2.24, 2.45) is 0 Å². The highest BCUT2D eigenvalue weighted by Crippen LogP contribution is 2.45. The number of methoxy groups -OCH3 is 1. The lowest BCUT2D eigenvalue weighted by Gasteiger charge is -2.26. The molecule has 0 bridgehead atoms. The van der Waals surface area contributed by atoms with Gasteiger partial charge in [-0.15, -0.1) is 0 Å². The van der Waals surface area contributed by atoms with E-state index in [1.807, 2.05) is 97.1 Å². The summed E-state index contributed by atoms with van der Waals surface area (Å²) < 4.78 is 5.50. The number of carbonyl (C=O) groups excluding carboxylic acids is 2. The molecular formula is C33H29N3O3. The number of amides is 2. The second kappa shape index (κ2) is 10.5. The number of benzene rings is 4. The monoisotopic (exact) mass is 515 g/mol. The van der Waals surface area contributed by atoms with E-state index in [2.05, 4.69) is 16.4 Å². The number of aromatic nitrogens is 1. The summed E-state index contributed by atoms with van der Waals surface area (Å²) >= 11 is 0. The highest BCUT2D eigenvalue weighted by molar-refractivity contribution is 6.03. The number of rotatable bonds is 8. The highest BCUT2D eigenvalue weighted by Gasteiger charge is 2.41. The van der Waals surface area contributed by atoms with E-state index in [1.165, 1.54) is 0 Å².